The first kappa shape index (κ1) is 30.2. The Bertz CT molecular complexity index is 1400. The number of hydrogen-bond donors (Lipinski definition) is 1. The molecule has 0 aliphatic heterocycles. The smallest absolute Gasteiger partial charge is 0.242 e. The van der Waals surface area contributed by atoms with Crippen molar-refractivity contribution in [2.24, 2.45) is 0 Å². The molecule has 0 unspecified atom stereocenters. The standard InChI is InChI=1S/C30H36ClN3O4S/c1-22-15-16-23(2)27(18-22)34(39(4,37)38)17-9-14-29(35)33(21-25-12-8-13-26(31)19-25)28(30(36)32-3)20-24-10-6-5-7-11-24/h5-8,10-13,15-16,18-19,28H,9,14,17,20-21H2,1-4H3,(H,32,36)/t28-/m0/s1. The topological polar surface area (TPSA) is 86.8 Å². The van der Waals surface area contributed by atoms with Crippen LogP contribution in [0.1, 0.15) is 35.1 Å². The summed E-state index contributed by atoms with van der Waals surface area (Å²) in [6.45, 7) is 4.11. The van der Waals surface area contributed by atoms with E-state index in [9.17, 15) is 18.0 Å². The number of carbonyl (C=O) groups excluding carboxylic acids is 2. The number of carbonyl (C=O) groups is 2. The number of halogens is 1. The monoisotopic (exact) mass is 569 g/mol. The summed E-state index contributed by atoms with van der Waals surface area (Å²) in [5, 5.41) is 3.24. The molecule has 0 bridgehead atoms. The largest absolute Gasteiger partial charge is 0.357 e. The van der Waals surface area contributed by atoms with Gasteiger partial charge < -0.3 is 10.2 Å². The van der Waals surface area contributed by atoms with E-state index >= 15 is 0 Å². The second-order valence-corrected chi connectivity index (χ2v) is 12.0. The molecule has 0 saturated heterocycles. The zero-order valence-corrected chi connectivity index (χ0v) is 24.4. The molecule has 0 spiro atoms. The summed E-state index contributed by atoms with van der Waals surface area (Å²) < 4.78 is 26.7. The van der Waals surface area contributed by atoms with Crippen molar-refractivity contribution in [2.75, 3.05) is 24.2 Å². The first-order valence-corrected chi connectivity index (χ1v) is 15.1. The minimum atomic E-state index is -3.57. The highest BCUT2D eigenvalue weighted by Crippen LogP contribution is 2.25. The third kappa shape index (κ3) is 8.57. The lowest BCUT2D eigenvalue weighted by Crippen LogP contribution is -2.49. The summed E-state index contributed by atoms with van der Waals surface area (Å²) in [7, 11) is -2.02. The number of anilines is 1. The van der Waals surface area contributed by atoms with Crippen LogP contribution < -0.4 is 9.62 Å². The minimum Gasteiger partial charge on any atom is -0.357 e. The van der Waals surface area contributed by atoms with E-state index in [-0.39, 0.29) is 37.7 Å². The molecule has 0 fully saturated rings. The van der Waals surface area contributed by atoms with E-state index in [0.29, 0.717) is 17.1 Å². The molecule has 1 N–H and O–H groups in total. The summed E-state index contributed by atoms with van der Waals surface area (Å²) in [6, 6.07) is 21.6. The third-order valence-electron chi connectivity index (χ3n) is 6.54. The summed E-state index contributed by atoms with van der Waals surface area (Å²) in [4.78, 5) is 28.4. The van der Waals surface area contributed by atoms with Crippen LogP contribution >= 0.6 is 11.6 Å². The predicted octanol–water partition coefficient (Wildman–Crippen LogP) is 4.89. The van der Waals surface area contributed by atoms with Gasteiger partial charge in [0.05, 0.1) is 11.9 Å². The fourth-order valence-corrected chi connectivity index (χ4v) is 5.75. The highest BCUT2D eigenvalue weighted by Gasteiger charge is 2.30. The Kier molecular flexibility index (Phi) is 10.5. The van der Waals surface area contributed by atoms with Crippen LogP contribution in [0.3, 0.4) is 0 Å². The second kappa shape index (κ2) is 13.6. The van der Waals surface area contributed by atoms with Gasteiger partial charge in [0.25, 0.3) is 0 Å². The van der Waals surface area contributed by atoms with Crippen molar-refractivity contribution < 1.29 is 18.0 Å². The van der Waals surface area contributed by atoms with Gasteiger partial charge in [0.2, 0.25) is 21.8 Å². The van der Waals surface area contributed by atoms with Gasteiger partial charge in [-0.25, -0.2) is 8.42 Å². The number of hydrogen-bond acceptors (Lipinski definition) is 4. The Hall–Kier alpha value is -3.36. The van der Waals surface area contributed by atoms with E-state index in [2.05, 4.69) is 5.32 Å². The average molecular weight is 570 g/mol. The van der Waals surface area contributed by atoms with Crippen molar-refractivity contribution in [1.29, 1.82) is 0 Å². The molecule has 3 rings (SSSR count). The van der Waals surface area contributed by atoms with Gasteiger partial charge in [0, 0.05) is 38.0 Å². The first-order valence-electron chi connectivity index (χ1n) is 12.8. The van der Waals surface area contributed by atoms with Crippen LogP contribution in [0.15, 0.2) is 72.8 Å². The molecule has 7 nitrogen and oxygen atoms in total. The Morgan fingerprint density at radius 2 is 1.64 bits per heavy atom. The number of benzene rings is 3. The average Bonchev–Trinajstić information content (AvgIpc) is 2.89. The van der Waals surface area contributed by atoms with Crippen molar-refractivity contribution in [3.8, 4) is 0 Å². The van der Waals surface area contributed by atoms with Gasteiger partial charge in [-0.15, -0.1) is 0 Å². The second-order valence-electron chi connectivity index (χ2n) is 9.70. The first-order chi connectivity index (χ1) is 18.5. The minimum absolute atomic E-state index is 0.0692. The highest BCUT2D eigenvalue weighted by molar-refractivity contribution is 7.92. The SMILES string of the molecule is CNC(=O)[C@H](Cc1ccccc1)N(Cc1cccc(Cl)c1)C(=O)CCCN(c1cc(C)ccc1C)S(C)(=O)=O. The molecular formula is C30H36ClN3O4S. The van der Waals surface area contributed by atoms with Crippen LogP contribution in [0.4, 0.5) is 5.69 Å². The van der Waals surface area contributed by atoms with Crippen LogP contribution in [0.5, 0.6) is 0 Å². The molecule has 0 heterocycles. The van der Waals surface area contributed by atoms with Crippen molar-refractivity contribution >= 4 is 39.1 Å². The molecule has 0 aliphatic carbocycles. The van der Waals surface area contributed by atoms with Crippen LogP contribution in [-0.4, -0.2) is 51.0 Å². The third-order valence-corrected chi connectivity index (χ3v) is 7.96. The Morgan fingerprint density at radius 1 is 0.949 bits per heavy atom. The molecule has 9 heteroatoms. The maximum atomic E-state index is 13.7. The lowest BCUT2D eigenvalue weighted by atomic mass is 10.0. The van der Waals surface area contributed by atoms with E-state index < -0.39 is 16.1 Å². The van der Waals surface area contributed by atoms with Gasteiger partial charge >= 0.3 is 0 Å². The molecule has 0 aliphatic rings. The van der Waals surface area contributed by atoms with E-state index in [1.807, 2.05) is 68.4 Å². The van der Waals surface area contributed by atoms with Crippen molar-refractivity contribution in [1.82, 2.24) is 10.2 Å². The quantitative estimate of drug-likeness (QED) is 0.336. The number of likely N-dealkylation sites (N-methyl/N-ethyl adjacent to an activating group) is 1. The van der Waals surface area contributed by atoms with Crippen LogP contribution in [0, 0.1) is 13.8 Å². The summed E-state index contributed by atoms with van der Waals surface area (Å²) in [5.74, 6) is -0.517. The van der Waals surface area contributed by atoms with Gasteiger partial charge in [0.15, 0.2) is 0 Å². The lowest BCUT2D eigenvalue weighted by molar-refractivity contribution is -0.141. The van der Waals surface area contributed by atoms with Gasteiger partial charge in [-0.2, -0.15) is 0 Å². The molecule has 0 radical (unpaired) electrons. The number of nitrogens with one attached hydrogen (secondary N) is 1. The van der Waals surface area contributed by atoms with E-state index in [4.69, 9.17) is 11.6 Å². The van der Waals surface area contributed by atoms with Gasteiger partial charge in [-0.1, -0.05) is 66.2 Å². The maximum Gasteiger partial charge on any atom is 0.242 e. The number of sulfonamides is 1. The molecule has 0 aromatic heterocycles. The van der Waals surface area contributed by atoms with E-state index in [0.717, 1.165) is 22.3 Å². The van der Waals surface area contributed by atoms with Gasteiger partial charge in [-0.3, -0.25) is 13.9 Å². The summed E-state index contributed by atoms with van der Waals surface area (Å²) in [6.07, 6.45) is 1.87. The Balaban J connectivity index is 1.86. The molecule has 0 saturated carbocycles. The van der Waals surface area contributed by atoms with Crippen molar-refractivity contribution in [3.05, 3.63) is 100 Å². The normalized spacial score (nSPS) is 12.0. The molecule has 208 valence electrons. The van der Waals surface area contributed by atoms with Gasteiger partial charge in [-0.05, 0) is 60.7 Å². The number of aryl methyl sites for hydroxylation is 2. The predicted molar refractivity (Wildman–Crippen MR) is 157 cm³/mol. The van der Waals surface area contributed by atoms with Crippen LogP contribution in [0.2, 0.25) is 5.02 Å². The Morgan fingerprint density at radius 3 is 2.28 bits per heavy atom. The van der Waals surface area contributed by atoms with Crippen molar-refractivity contribution in [2.45, 2.75) is 45.7 Å². The zero-order chi connectivity index (χ0) is 28.6. The highest BCUT2D eigenvalue weighted by atomic mass is 35.5. The van der Waals surface area contributed by atoms with E-state index in [1.54, 1.807) is 30.1 Å². The Labute approximate surface area is 236 Å². The number of nitrogens with zero attached hydrogens (tertiary/aromatic N) is 2. The summed E-state index contributed by atoms with van der Waals surface area (Å²) in [5.41, 5.74) is 4.11. The number of rotatable bonds is 12. The molecule has 3 aromatic carbocycles. The van der Waals surface area contributed by atoms with Crippen molar-refractivity contribution in [3.63, 3.8) is 0 Å². The fraction of sp³-hybridized carbons (Fsp3) is 0.333. The molecular weight excluding hydrogens is 534 g/mol. The molecule has 3 aromatic rings. The maximum absolute atomic E-state index is 13.7. The fourth-order valence-electron chi connectivity index (χ4n) is 4.52. The summed E-state index contributed by atoms with van der Waals surface area (Å²) >= 11 is 6.21. The van der Waals surface area contributed by atoms with Crippen LogP contribution in [-0.2, 0) is 32.6 Å². The molecule has 2 amide bonds. The molecule has 1 atom stereocenters. The van der Waals surface area contributed by atoms with Crippen LogP contribution in [0.25, 0.3) is 0 Å². The van der Waals surface area contributed by atoms with Gasteiger partial charge in [0.1, 0.15) is 6.04 Å². The zero-order valence-electron chi connectivity index (χ0n) is 22.9. The molecule has 39 heavy (non-hydrogen) atoms. The van der Waals surface area contributed by atoms with E-state index in [1.165, 1.54) is 10.6 Å². The number of amides is 2. The lowest BCUT2D eigenvalue weighted by Gasteiger charge is -2.32.